The number of benzene rings is 1. The van der Waals surface area contributed by atoms with E-state index in [0.717, 1.165) is 19.3 Å². The van der Waals surface area contributed by atoms with Gasteiger partial charge < -0.3 is 19.7 Å². The van der Waals surface area contributed by atoms with Crippen LogP contribution in [-0.4, -0.2) is 55.0 Å². The van der Waals surface area contributed by atoms with Gasteiger partial charge in [0.05, 0.1) is 19.6 Å². The quantitative estimate of drug-likeness (QED) is 0.527. The van der Waals surface area contributed by atoms with Crippen LogP contribution in [0.2, 0.25) is 0 Å². The molecule has 1 aliphatic rings. The highest BCUT2D eigenvalue weighted by molar-refractivity contribution is 5.99. The van der Waals surface area contributed by atoms with Gasteiger partial charge in [0, 0.05) is 18.7 Å². The van der Waals surface area contributed by atoms with E-state index in [9.17, 15) is 14.4 Å². The van der Waals surface area contributed by atoms with Crippen molar-refractivity contribution in [1.29, 1.82) is 0 Å². The fourth-order valence-electron chi connectivity index (χ4n) is 2.94. The average molecular weight is 376 g/mol. The maximum Gasteiger partial charge on any atom is 0.308 e. The van der Waals surface area contributed by atoms with E-state index >= 15 is 0 Å². The molecule has 7 nitrogen and oxygen atoms in total. The Morgan fingerprint density at radius 2 is 1.93 bits per heavy atom. The number of esters is 1. The molecule has 1 atom stereocenters. The maximum absolute atomic E-state index is 12.9. The summed E-state index contributed by atoms with van der Waals surface area (Å²) in [6.07, 6.45) is 3.10. The lowest BCUT2D eigenvalue weighted by molar-refractivity contribution is -0.147. The molecule has 0 bridgehead atoms. The molecule has 0 spiro atoms. The van der Waals surface area contributed by atoms with Gasteiger partial charge >= 0.3 is 5.97 Å². The number of hydrogen-bond acceptors (Lipinski definition) is 5. The van der Waals surface area contributed by atoms with E-state index in [1.54, 1.807) is 31.2 Å². The first-order chi connectivity index (χ1) is 13.1. The van der Waals surface area contributed by atoms with Crippen LogP contribution < -0.4 is 10.1 Å². The van der Waals surface area contributed by atoms with Crippen LogP contribution in [0, 0.1) is 0 Å². The Balaban J connectivity index is 2.02. The first-order valence-corrected chi connectivity index (χ1v) is 9.54. The lowest BCUT2D eigenvalue weighted by atomic mass is 10.1. The molecule has 1 fully saturated rings. The van der Waals surface area contributed by atoms with Gasteiger partial charge in [-0.2, -0.15) is 0 Å². The molecule has 27 heavy (non-hydrogen) atoms. The normalized spacial score (nSPS) is 16.6. The Morgan fingerprint density at radius 1 is 1.19 bits per heavy atom. The third-order valence-electron chi connectivity index (χ3n) is 4.37. The van der Waals surface area contributed by atoms with E-state index in [-0.39, 0.29) is 24.8 Å². The third kappa shape index (κ3) is 5.98. The second-order valence-electron chi connectivity index (χ2n) is 6.39. The van der Waals surface area contributed by atoms with E-state index < -0.39 is 12.0 Å². The number of nitrogens with zero attached hydrogens (tertiary/aromatic N) is 1. The van der Waals surface area contributed by atoms with Gasteiger partial charge in [-0.05, 0) is 37.6 Å². The van der Waals surface area contributed by atoms with Crippen LogP contribution in [0.3, 0.4) is 0 Å². The summed E-state index contributed by atoms with van der Waals surface area (Å²) in [5, 5.41) is 2.70. The lowest BCUT2D eigenvalue weighted by Crippen LogP contribution is -2.57. The maximum atomic E-state index is 12.9. The molecule has 0 aliphatic carbocycles. The number of nitrogens with one attached hydrogen (secondary N) is 1. The van der Waals surface area contributed by atoms with Crippen molar-refractivity contribution in [3.63, 3.8) is 0 Å². The number of carbonyl (C=O) groups is 3. The summed E-state index contributed by atoms with van der Waals surface area (Å²) in [6.45, 7) is 5.44. The number of unbranched alkanes of at least 4 members (excludes halogenated alkanes) is 2. The molecular weight excluding hydrogens is 348 g/mol. The average Bonchev–Trinajstić information content (AvgIpc) is 2.67. The van der Waals surface area contributed by atoms with Crippen LogP contribution in [0.1, 0.15) is 49.9 Å². The Bertz CT molecular complexity index is 644. The second-order valence-corrected chi connectivity index (χ2v) is 6.39. The molecule has 7 heteroatoms. The van der Waals surface area contributed by atoms with Crippen LogP contribution in [0.5, 0.6) is 5.75 Å². The monoisotopic (exact) mass is 376 g/mol. The molecule has 1 aromatic rings. The number of ether oxygens (including phenoxy) is 2. The van der Waals surface area contributed by atoms with E-state index in [0.29, 0.717) is 31.0 Å². The van der Waals surface area contributed by atoms with Gasteiger partial charge in [-0.15, -0.1) is 0 Å². The van der Waals surface area contributed by atoms with Crippen LogP contribution >= 0.6 is 0 Å². The number of rotatable bonds is 9. The number of piperazine rings is 1. The molecule has 0 aromatic heterocycles. The Morgan fingerprint density at radius 3 is 2.59 bits per heavy atom. The van der Waals surface area contributed by atoms with Crippen LogP contribution in [0.4, 0.5) is 0 Å². The highest BCUT2D eigenvalue weighted by Crippen LogP contribution is 2.18. The predicted molar refractivity (Wildman–Crippen MR) is 101 cm³/mol. The van der Waals surface area contributed by atoms with Crippen molar-refractivity contribution in [1.82, 2.24) is 10.2 Å². The molecule has 1 saturated heterocycles. The van der Waals surface area contributed by atoms with Crippen molar-refractivity contribution >= 4 is 17.8 Å². The Kier molecular flexibility index (Phi) is 8.10. The van der Waals surface area contributed by atoms with Crippen molar-refractivity contribution < 1.29 is 23.9 Å². The highest BCUT2D eigenvalue weighted by atomic mass is 16.5. The molecule has 0 saturated carbocycles. The van der Waals surface area contributed by atoms with Gasteiger partial charge in [-0.1, -0.05) is 19.8 Å². The van der Waals surface area contributed by atoms with Gasteiger partial charge in [0.15, 0.2) is 0 Å². The second kappa shape index (κ2) is 10.5. The zero-order valence-electron chi connectivity index (χ0n) is 16.0. The molecule has 1 aromatic carbocycles. The molecule has 2 rings (SSSR count). The summed E-state index contributed by atoms with van der Waals surface area (Å²) in [4.78, 5) is 38.3. The smallest absolute Gasteiger partial charge is 0.308 e. The fraction of sp³-hybridized carbons (Fsp3) is 0.550. The van der Waals surface area contributed by atoms with Crippen molar-refractivity contribution in [3.05, 3.63) is 29.8 Å². The van der Waals surface area contributed by atoms with Gasteiger partial charge in [-0.25, -0.2) is 0 Å². The molecule has 0 radical (unpaired) electrons. The molecule has 2 amide bonds. The predicted octanol–water partition coefficient (Wildman–Crippen LogP) is 2.15. The van der Waals surface area contributed by atoms with E-state index in [1.165, 1.54) is 4.90 Å². The third-order valence-corrected chi connectivity index (χ3v) is 4.37. The molecule has 1 aliphatic heterocycles. The van der Waals surface area contributed by atoms with Gasteiger partial charge in [-0.3, -0.25) is 14.4 Å². The molecule has 148 valence electrons. The summed E-state index contributed by atoms with van der Waals surface area (Å²) >= 11 is 0. The summed E-state index contributed by atoms with van der Waals surface area (Å²) in [5.41, 5.74) is 0.458. The standard InChI is InChI=1S/C20H28N2O5/c1-3-5-6-13-27-16-9-7-15(8-10-16)20(25)22-12-11-21-19(24)17(22)14-18(23)26-4-2/h7-10,17H,3-6,11-14H2,1-2H3,(H,21,24). The Hall–Kier alpha value is -2.57. The minimum absolute atomic E-state index is 0.149. The van der Waals surface area contributed by atoms with Crippen LogP contribution in [0.15, 0.2) is 24.3 Å². The molecule has 1 N–H and O–H groups in total. The summed E-state index contributed by atoms with van der Waals surface area (Å²) in [5.74, 6) is -0.398. The first-order valence-electron chi connectivity index (χ1n) is 9.54. The van der Waals surface area contributed by atoms with E-state index in [1.807, 2.05) is 0 Å². The Labute approximate surface area is 160 Å². The van der Waals surface area contributed by atoms with Crippen LogP contribution in [-0.2, 0) is 14.3 Å². The molecular formula is C20H28N2O5. The zero-order chi connectivity index (χ0) is 19.6. The molecule has 1 unspecified atom stereocenters. The van der Waals surface area contributed by atoms with Crippen LogP contribution in [0.25, 0.3) is 0 Å². The van der Waals surface area contributed by atoms with Crippen molar-refractivity contribution in [2.45, 2.75) is 45.6 Å². The summed E-state index contributed by atoms with van der Waals surface area (Å²) < 4.78 is 10.6. The van der Waals surface area contributed by atoms with Crippen molar-refractivity contribution in [2.24, 2.45) is 0 Å². The molecule has 1 heterocycles. The minimum Gasteiger partial charge on any atom is -0.494 e. The number of amides is 2. The fourth-order valence-corrected chi connectivity index (χ4v) is 2.94. The SMILES string of the molecule is CCCCCOc1ccc(C(=O)N2CCNC(=O)C2CC(=O)OCC)cc1. The zero-order valence-corrected chi connectivity index (χ0v) is 16.0. The van der Waals surface area contributed by atoms with E-state index in [2.05, 4.69) is 12.2 Å². The lowest BCUT2D eigenvalue weighted by Gasteiger charge is -2.34. The summed E-state index contributed by atoms with van der Waals surface area (Å²) in [7, 11) is 0. The van der Waals surface area contributed by atoms with Gasteiger partial charge in [0.1, 0.15) is 11.8 Å². The highest BCUT2D eigenvalue weighted by Gasteiger charge is 2.35. The van der Waals surface area contributed by atoms with E-state index in [4.69, 9.17) is 9.47 Å². The number of hydrogen-bond donors (Lipinski definition) is 1. The number of carbonyl (C=O) groups excluding carboxylic acids is 3. The topological polar surface area (TPSA) is 84.9 Å². The largest absolute Gasteiger partial charge is 0.494 e. The first kappa shape index (κ1) is 20.7. The van der Waals surface area contributed by atoms with Crippen molar-refractivity contribution in [2.75, 3.05) is 26.3 Å². The summed E-state index contributed by atoms with van der Waals surface area (Å²) in [6, 6.07) is 6.03. The van der Waals surface area contributed by atoms with Crippen molar-refractivity contribution in [3.8, 4) is 5.75 Å². The van der Waals surface area contributed by atoms with Gasteiger partial charge in [0.2, 0.25) is 5.91 Å². The minimum atomic E-state index is -0.852. The van der Waals surface area contributed by atoms with Gasteiger partial charge in [0.25, 0.3) is 5.91 Å².